The molecule has 0 amide bonds. The minimum Gasteiger partial charge on any atom is -0.467 e. The highest BCUT2D eigenvalue weighted by Crippen LogP contribution is 2.50. The first kappa shape index (κ1) is 33.2. The van der Waals surface area contributed by atoms with Crippen molar-refractivity contribution in [2.24, 2.45) is 0 Å². The molecule has 5 aromatic rings. The van der Waals surface area contributed by atoms with Gasteiger partial charge in [-0.2, -0.15) is 4.57 Å². The third-order valence-corrected chi connectivity index (χ3v) is 9.71. The molecule has 2 aliphatic heterocycles. The van der Waals surface area contributed by atoms with Gasteiger partial charge < -0.3 is 14.5 Å². The number of esters is 1. The number of aromatic nitrogens is 1. The van der Waals surface area contributed by atoms with E-state index in [1.54, 1.807) is 0 Å². The summed E-state index contributed by atoms with van der Waals surface area (Å²) in [4.78, 5) is 18.3. The Kier molecular flexibility index (Phi) is 10.7. The van der Waals surface area contributed by atoms with Crippen LogP contribution in [0.25, 0.3) is 22.7 Å². The summed E-state index contributed by atoms with van der Waals surface area (Å²) in [5.41, 5.74) is 7.87. The topological polar surface area (TPSA) is 39.9 Å². The number of alkyl halides is 1. The van der Waals surface area contributed by atoms with Crippen molar-refractivity contribution in [2.75, 3.05) is 57.3 Å². The van der Waals surface area contributed by atoms with E-state index >= 15 is 0 Å². The summed E-state index contributed by atoms with van der Waals surface area (Å²) in [6.45, 7) is 2.76. The van der Waals surface area contributed by atoms with Gasteiger partial charge in [0, 0.05) is 29.4 Å². The van der Waals surface area contributed by atoms with Crippen LogP contribution in [0.5, 0.6) is 0 Å². The molecule has 246 valence electrons. The number of hydrogen-bond acceptors (Lipinski definition) is 6. The van der Waals surface area contributed by atoms with Crippen molar-refractivity contribution < 1.29 is 18.5 Å². The lowest BCUT2D eigenvalue weighted by atomic mass is 10.0. The second kappa shape index (κ2) is 15.5. The Labute approximate surface area is 287 Å². The summed E-state index contributed by atoms with van der Waals surface area (Å²) in [7, 11) is 5.45. The summed E-state index contributed by atoms with van der Waals surface area (Å²) in [5.74, 6) is 0.382. The van der Waals surface area contributed by atoms with Crippen LogP contribution in [-0.4, -0.2) is 58.4 Å². The lowest BCUT2D eigenvalue weighted by molar-refractivity contribution is -0.554. The van der Waals surface area contributed by atoms with Crippen molar-refractivity contribution in [3.63, 3.8) is 0 Å². The van der Waals surface area contributed by atoms with Gasteiger partial charge in [0.25, 0.3) is 5.82 Å². The minimum absolute atomic E-state index is 0.824. The number of halogens is 1. The number of methoxy groups -OCH3 is 1. The third-order valence-electron chi connectivity index (χ3n) is 8.62. The van der Waals surface area contributed by atoms with Gasteiger partial charge in [0.15, 0.2) is 6.67 Å². The van der Waals surface area contributed by atoms with E-state index < -0.39 is 12.6 Å². The van der Waals surface area contributed by atoms with E-state index in [1.165, 1.54) is 67.6 Å². The summed E-state index contributed by atoms with van der Waals surface area (Å²) < 4.78 is 17.2. The number of pyridine rings is 1. The van der Waals surface area contributed by atoms with Gasteiger partial charge >= 0.3 is 5.97 Å². The Bertz CT molecular complexity index is 1890. The third kappa shape index (κ3) is 7.40. The Morgan fingerprint density at radius 3 is 2.38 bits per heavy atom. The highest BCUT2D eigenvalue weighted by atomic mass is 32.2. The molecule has 48 heavy (non-hydrogen) atoms. The van der Waals surface area contributed by atoms with E-state index in [1.807, 2.05) is 11.8 Å². The Balaban J connectivity index is 0.000000615. The van der Waals surface area contributed by atoms with Crippen LogP contribution in [0.4, 0.5) is 15.9 Å². The number of aryl methyl sites for hydroxylation is 1. The maximum absolute atomic E-state index is 10.9. The molecule has 0 atom stereocenters. The van der Waals surface area contributed by atoms with Crippen LogP contribution in [0.3, 0.4) is 0 Å². The SMILES string of the molecule is CN(C)CCN(Cc1ccccc1)c1cc(/C=C2/Sc3cccc4c3N2CCC4)c2ccccc2[n+]1-c1ccccc1.COC(=O)CF. The highest BCUT2D eigenvalue weighted by Gasteiger charge is 2.31. The van der Waals surface area contributed by atoms with Gasteiger partial charge in [0.1, 0.15) is 17.7 Å². The van der Waals surface area contributed by atoms with E-state index in [9.17, 15) is 9.18 Å². The van der Waals surface area contributed by atoms with Gasteiger partial charge in [-0.3, -0.25) is 4.90 Å². The molecule has 0 aliphatic carbocycles. The lowest BCUT2D eigenvalue weighted by Gasteiger charge is -2.27. The Morgan fingerprint density at radius 2 is 1.67 bits per heavy atom. The zero-order valence-electron chi connectivity index (χ0n) is 27.8. The van der Waals surface area contributed by atoms with Crippen LogP contribution in [0, 0.1) is 0 Å². The number of hydrogen-bond donors (Lipinski definition) is 0. The second-order valence-electron chi connectivity index (χ2n) is 12.2. The molecule has 0 spiro atoms. The van der Waals surface area contributed by atoms with E-state index in [0.29, 0.717) is 0 Å². The number of ether oxygens (including phenoxy) is 1. The normalized spacial score (nSPS) is 14.1. The molecule has 2 aliphatic rings. The maximum atomic E-state index is 10.9. The molecule has 8 heteroatoms. The number of benzene rings is 4. The molecule has 7 rings (SSSR count). The molecule has 0 unspecified atom stereocenters. The van der Waals surface area contributed by atoms with Gasteiger partial charge in [-0.15, -0.1) is 0 Å². The average Bonchev–Trinajstić information content (AvgIpc) is 3.49. The molecular formula is C40H42FN4O2S+. The quantitative estimate of drug-likeness (QED) is 0.119. The number of thioether (sulfide) groups is 1. The largest absolute Gasteiger partial charge is 0.467 e. The van der Waals surface area contributed by atoms with Crippen LogP contribution >= 0.6 is 11.8 Å². The zero-order chi connectivity index (χ0) is 33.5. The van der Waals surface area contributed by atoms with E-state index in [-0.39, 0.29) is 0 Å². The van der Waals surface area contributed by atoms with Gasteiger partial charge in [-0.25, -0.2) is 9.18 Å². The lowest BCUT2D eigenvalue weighted by Crippen LogP contribution is -2.43. The first-order valence-electron chi connectivity index (χ1n) is 16.4. The Hall–Kier alpha value is -4.66. The van der Waals surface area contributed by atoms with Crippen LogP contribution in [0.1, 0.15) is 23.1 Å². The van der Waals surface area contributed by atoms with Gasteiger partial charge in [-0.05, 0) is 74.0 Å². The molecule has 6 nitrogen and oxygen atoms in total. The highest BCUT2D eigenvalue weighted by molar-refractivity contribution is 8.03. The van der Waals surface area contributed by atoms with E-state index in [4.69, 9.17) is 0 Å². The predicted molar refractivity (Wildman–Crippen MR) is 195 cm³/mol. The molecule has 0 radical (unpaired) electrons. The summed E-state index contributed by atoms with van der Waals surface area (Å²) in [5, 5.41) is 2.59. The first-order chi connectivity index (χ1) is 23.5. The minimum atomic E-state index is -1.03. The number of likely N-dealkylation sites (N-methyl/N-ethyl adjacent to an activating group) is 1. The van der Waals surface area contributed by atoms with E-state index in [2.05, 4.69) is 153 Å². The Morgan fingerprint density at radius 1 is 0.938 bits per heavy atom. The van der Waals surface area contributed by atoms with Crippen LogP contribution in [0.2, 0.25) is 0 Å². The number of carbonyl (C=O) groups excluding carboxylic acids is 1. The van der Waals surface area contributed by atoms with Crippen molar-refractivity contribution in [1.29, 1.82) is 0 Å². The fraction of sp³-hybridized carbons (Fsp3) is 0.250. The molecular weight excluding hydrogens is 620 g/mol. The van der Waals surface area contributed by atoms with Gasteiger partial charge in [0.2, 0.25) is 0 Å². The van der Waals surface area contributed by atoms with Crippen molar-refractivity contribution >= 4 is 46.2 Å². The van der Waals surface area contributed by atoms with E-state index in [0.717, 1.165) is 33.3 Å². The van der Waals surface area contributed by atoms with Crippen LogP contribution in [0.15, 0.2) is 119 Å². The molecule has 4 aromatic carbocycles. The summed E-state index contributed by atoms with van der Waals surface area (Å²) in [6, 6.07) is 39.8. The molecule has 0 saturated heterocycles. The van der Waals surface area contributed by atoms with Crippen LogP contribution < -0.4 is 14.4 Å². The molecule has 0 saturated carbocycles. The molecule has 1 aromatic heterocycles. The van der Waals surface area contributed by atoms with Crippen molar-refractivity contribution in [2.45, 2.75) is 24.3 Å². The number of para-hydroxylation sites is 3. The molecule has 3 heterocycles. The molecule has 0 N–H and O–H groups in total. The summed E-state index contributed by atoms with van der Waals surface area (Å²) in [6.07, 6.45) is 4.80. The number of rotatable bonds is 9. The zero-order valence-corrected chi connectivity index (χ0v) is 28.6. The number of anilines is 2. The van der Waals surface area contributed by atoms with Crippen LogP contribution in [-0.2, 0) is 22.5 Å². The number of carbonyl (C=O) groups is 1. The fourth-order valence-corrected chi connectivity index (χ4v) is 7.49. The number of fused-ring (bicyclic) bond motifs is 1. The monoisotopic (exact) mass is 661 g/mol. The fourth-order valence-electron chi connectivity index (χ4n) is 6.30. The summed E-state index contributed by atoms with van der Waals surface area (Å²) >= 11 is 1.92. The predicted octanol–water partition coefficient (Wildman–Crippen LogP) is 7.67. The van der Waals surface area contributed by atoms with Crippen molar-refractivity contribution in [3.8, 4) is 5.69 Å². The van der Waals surface area contributed by atoms with Crippen molar-refractivity contribution in [1.82, 2.24) is 4.90 Å². The van der Waals surface area contributed by atoms with Gasteiger partial charge in [-0.1, -0.05) is 90.6 Å². The molecule has 0 bridgehead atoms. The van der Waals surface area contributed by atoms with Crippen molar-refractivity contribution in [3.05, 3.63) is 131 Å². The first-order valence-corrected chi connectivity index (χ1v) is 17.2. The smallest absolute Gasteiger partial charge is 0.337 e. The standard InChI is InChI=1S/C37H37N4S.C3H5FO2/c1-38(2)23-24-39(27-28-13-5-3-6-14-28)35-25-30(26-36-40-22-12-16-29-15-11-21-34(42-36)37(29)40)32-19-9-10-20-33(32)41(35)31-17-7-4-8-18-31;1-6-3(5)2-4/h3-11,13-15,17-21,25-26H,12,16,22-24,27H2,1-2H3;2H2,1H3/q+1;. The number of nitrogens with zero attached hydrogens (tertiary/aromatic N) is 4. The maximum Gasteiger partial charge on any atom is 0.337 e. The molecule has 0 fully saturated rings. The second-order valence-corrected chi connectivity index (χ2v) is 13.2. The average molecular weight is 662 g/mol. The van der Waals surface area contributed by atoms with Gasteiger partial charge in [0.05, 0.1) is 24.4 Å².